The summed E-state index contributed by atoms with van der Waals surface area (Å²) < 4.78 is 10.2. The molecule has 0 aliphatic heterocycles. The van der Waals surface area contributed by atoms with Crippen molar-refractivity contribution in [2.24, 2.45) is 5.73 Å². The lowest BCUT2D eigenvalue weighted by atomic mass is 10.1. The van der Waals surface area contributed by atoms with Gasteiger partial charge in [0.2, 0.25) is 5.91 Å². The SMILES string of the molecule is CCOC(=O)c1c(NC(=O)COC(=O)c2ccccc2SCC(N)=O)sc(C)c1CC. The number of primary amides is 1. The lowest BCUT2D eigenvalue weighted by Gasteiger charge is -2.10. The molecule has 2 amide bonds. The minimum Gasteiger partial charge on any atom is -0.462 e. The van der Waals surface area contributed by atoms with Crippen LogP contribution in [-0.4, -0.2) is 42.7 Å². The number of nitrogens with one attached hydrogen (secondary N) is 1. The maximum Gasteiger partial charge on any atom is 0.341 e. The summed E-state index contributed by atoms with van der Waals surface area (Å²) in [6.45, 7) is 5.17. The van der Waals surface area contributed by atoms with Crippen molar-refractivity contribution in [1.29, 1.82) is 0 Å². The van der Waals surface area contributed by atoms with E-state index in [1.165, 1.54) is 11.3 Å². The van der Waals surface area contributed by atoms with Crippen molar-refractivity contribution in [1.82, 2.24) is 0 Å². The molecule has 2 aromatic rings. The zero-order valence-electron chi connectivity index (χ0n) is 17.5. The lowest BCUT2D eigenvalue weighted by molar-refractivity contribution is -0.119. The molecule has 31 heavy (non-hydrogen) atoms. The molecular formula is C21H24N2O6S2. The van der Waals surface area contributed by atoms with Crippen molar-refractivity contribution in [3.05, 3.63) is 45.8 Å². The summed E-state index contributed by atoms with van der Waals surface area (Å²) in [5.41, 5.74) is 6.53. The van der Waals surface area contributed by atoms with Crippen molar-refractivity contribution in [2.75, 3.05) is 24.3 Å². The number of thiophene rings is 1. The number of ether oxygens (including phenoxy) is 2. The molecule has 8 nitrogen and oxygen atoms in total. The predicted molar refractivity (Wildman–Crippen MR) is 120 cm³/mol. The fourth-order valence-electron chi connectivity index (χ4n) is 2.79. The second-order valence-electron chi connectivity index (χ2n) is 6.29. The second kappa shape index (κ2) is 11.5. The monoisotopic (exact) mass is 464 g/mol. The van der Waals surface area contributed by atoms with Gasteiger partial charge in [0, 0.05) is 9.77 Å². The maximum absolute atomic E-state index is 12.4. The number of hydrogen-bond donors (Lipinski definition) is 2. The zero-order valence-corrected chi connectivity index (χ0v) is 19.1. The van der Waals surface area contributed by atoms with Crippen LogP contribution in [0.1, 0.15) is 45.0 Å². The third kappa shape index (κ3) is 6.56. The number of amides is 2. The highest BCUT2D eigenvalue weighted by molar-refractivity contribution is 8.00. The minimum atomic E-state index is -0.704. The number of aryl methyl sites for hydroxylation is 1. The van der Waals surface area contributed by atoms with Gasteiger partial charge >= 0.3 is 11.9 Å². The first-order valence-corrected chi connectivity index (χ1v) is 11.3. The van der Waals surface area contributed by atoms with Gasteiger partial charge in [0.15, 0.2) is 6.61 Å². The van der Waals surface area contributed by atoms with Crippen LogP contribution in [0.3, 0.4) is 0 Å². The van der Waals surface area contributed by atoms with Crippen LogP contribution in [0.5, 0.6) is 0 Å². The highest BCUT2D eigenvalue weighted by Gasteiger charge is 2.24. The Hall–Kier alpha value is -2.85. The Morgan fingerprint density at radius 1 is 1.10 bits per heavy atom. The molecule has 2 rings (SSSR count). The molecule has 1 aromatic carbocycles. The van der Waals surface area contributed by atoms with Gasteiger partial charge in [-0.1, -0.05) is 19.1 Å². The predicted octanol–water partition coefficient (Wildman–Crippen LogP) is 3.17. The van der Waals surface area contributed by atoms with Crippen LogP contribution in [0.15, 0.2) is 29.2 Å². The van der Waals surface area contributed by atoms with E-state index in [0.717, 1.165) is 22.2 Å². The molecule has 0 fully saturated rings. The zero-order chi connectivity index (χ0) is 23.0. The normalized spacial score (nSPS) is 10.4. The molecule has 0 aliphatic carbocycles. The number of nitrogens with two attached hydrogens (primary N) is 1. The maximum atomic E-state index is 12.4. The van der Waals surface area contributed by atoms with Crippen LogP contribution in [0.25, 0.3) is 0 Å². The number of esters is 2. The van der Waals surface area contributed by atoms with Gasteiger partial charge in [0.05, 0.1) is 23.5 Å². The van der Waals surface area contributed by atoms with Gasteiger partial charge in [0.25, 0.3) is 5.91 Å². The topological polar surface area (TPSA) is 125 Å². The molecule has 166 valence electrons. The molecule has 3 N–H and O–H groups in total. The van der Waals surface area contributed by atoms with Crippen LogP contribution < -0.4 is 11.1 Å². The number of thioether (sulfide) groups is 1. The molecule has 0 atom stereocenters. The van der Waals surface area contributed by atoms with E-state index in [4.69, 9.17) is 15.2 Å². The summed E-state index contributed by atoms with van der Waals surface area (Å²) in [6.07, 6.45) is 0.612. The van der Waals surface area contributed by atoms with E-state index in [9.17, 15) is 19.2 Å². The molecule has 0 saturated heterocycles. The van der Waals surface area contributed by atoms with Crippen LogP contribution in [0, 0.1) is 6.92 Å². The molecule has 0 bridgehead atoms. The largest absolute Gasteiger partial charge is 0.462 e. The van der Waals surface area contributed by atoms with Crippen molar-refractivity contribution in [3.8, 4) is 0 Å². The minimum absolute atomic E-state index is 0.0128. The first kappa shape index (κ1) is 24.4. The van der Waals surface area contributed by atoms with E-state index in [-0.39, 0.29) is 17.9 Å². The molecule has 0 radical (unpaired) electrons. The van der Waals surface area contributed by atoms with Crippen LogP contribution in [-0.2, 0) is 25.5 Å². The summed E-state index contributed by atoms with van der Waals surface area (Å²) in [5, 5.41) is 3.01. The number of benzene rings is 1. The lowest BCUT2D eigenvalue weighted by Crippen LogP contribution is -2.22. The van der Waals surface area contributed by atoms with Crippen LogP contribution >= 0.6 is 23.1 Å². The molecule has 0 spiro atoms. The highest BCUT2D eigenvalue weighted by atomic mass is 32.2. The van der Waals surface area contributed by atoms with E-state index in [1.54, 1.807) is 31.2 Å². The van der Waals surface area contributed by atoms with Crippen LogP contribution in [0.4, 0.5) is 5.00 Å². The summed E-state index contributed by atoms with van der Waals surface area (Å²) in [4.78, 5) is 49.6. The molecule has 1 heterocycles. The third-order valence-corrected chi connectivity index (χ3v) is 6.27. The second-order valence-corrected chi connectivity index (χ2v) is 8.53. The van der Waals surface area contributed by atoms with E-state index in [2.05, 4.69) is 5.32 Å². The summed E-state index contributed by atoms with van der Waals surface area (Å²) in [5.74, 6) is -2.28. The van der Waals surface area contributed by atoms with Gasteiger partial charge < -0.3 is 20.5 Å². The Bertz CT molecular complexity index is 986. The third-order valence-electron chi connectivity index (χ3n) is 4.11. The van der Waals surface area contributed by atoms with Crippen molar-refractivity contribution < 1.29 is 28.7 Å². The number of anilines is 1. The highest BCUT2D eigenvalue weighted by Crippen LogP contribution is 2.34. The average molecular weight is 465 g/mol. The van der Waals surface area contributed by atoms with Crippen molar-refractivity contribution in [3.63, 3.8) is 0 Å². The van der Waals surface area contributed by atoms with Gasteiger partial charge in [-0.05, 0) is 38.0 Å². The summed E-state index contributed by atoms with van der Waals surface area (Å²) in [7, 11) is 0. The van der Waals surface area contributed by atoms with Gasteiger partial charge in [-0.2, -0.15) is 0 Å². The van der Waals surface area contributed by atoms with Crippen molar-refractivity contribution >= 4 is 51.9 Å². The van der Waals surface area contributed by atoms with Gasteiger partial charge in [-0.25, -0.2) is 9.59 Å². The smallest absolute Gasteiger partial charge is 0.341 e. The fraction of sp³-hybridized carbons (Fsp3) is 0.333. The molecule has 10 heteroatoms. The number of hydrogen-bond acceptors (Lipinski definition) is 8. The van der Waals surface area contributed by atoms with E-state index < -0.39 is 30.4 Å². The first-order chi connectivity index (χ1) is 14.8. The Morgan fingerprint density at radius 3 is 2.45 bits per heavy atom. The Balaban J connectivity index is 2.07. The molecule has 0 saturated carbocycles. The van der Waals surface area contributed by atoms with Crippen LogP contribution in [0.2, 0.25) is 0 Å². The summed E-state index contributed by atoms with van der Waals surface area (Å²) in [6, 6.07) is 6.57. The molecule has 0 unspecified atom stereocenters. The number of rotatable bonds is 10. The van der Waals surface area contributed by atoms with Gasteiger partial charge in [0.1, 0.15) is 5.00 Å². The quantitative estimate of drug-likeness (QED) is 0.409. The standard InChI is InChI=1S/C21H24N2O6S2/c1-4-13-12(3)31-19(18(13)21(27)28-5-2)23-17(25)10-29-20(26)14-8-6-7-9-15(14)30-11-16(22)24/h6-9H,4-5,10-11H2,1-3H3,(H2,22,24)(H,23,25). The molecule has 0 aliphatic rings. The molecular weight excluding hydrogens is 440 g/mol. The van der Waals surface area contributed by atoms with Gasteiger partial charge in [-0.15, -0.1) is 23.1 Å². The number of carbonyl (C=O) groups is 4. The Morgan fingerprint density at radius 2 is 1.81 bits per heavy atom. The average Bonchev–Trinajstić information content (AvgIpc) is 3.05. The van der Waals surface area contributed by atoms with Gasteiger partial charge in [-0.3, -0.25) is 9.59 Å². The Labute approximate surface area is 188 Å². The summed E-state index contributed by atoms with van der Waals surface area (Å²) >= 11 is 2.38. The van der Waals surface area contributed by atoms with E-state index in [1.807, 2.05) is 13.8 Å². The fourth-order valence-corrected chi connectivity index (χ4v) is 4.72. The molecule has 1 aromatic heterocycles. The van der Waals surface area contributed by atoms with E-state index in [0.29, 0.717) is 21.9 Å². The van der Waals surface area contributed by atoms with E-state index >= 15 is 0 Å². The first-order valence-electron chi connectivity index (χ1n) is 9.54. The number of carbonyl (C=O) groups excluding carboxylic acids is 4. The Kier molecular flexibility index (Phi) is 9.07. The van der Waals surface area contributed by atoms with Crippen molar-refractivity contribution in [2.45, 2.75) is 32.1 Å².